The van der Waals surface area contributed by atoms with E-state index in [1.165, 1.54) is 11.3 Å². The first-order valence-electron chi connectivity index (χ1n) is 9.53. The SMILES string of the molecule is COc1ccc2nc(C)c(C(=O)Nc3nnc(CCn4nc(C)cc4C)s3)cc2c1. The van der Waals surface area contributed by atoms with Gasteiger partial charge in [-0.2, -0.15) is 5.10 Å². The smallest absolute Gasteiger partial charge is 0.259 e. The Balaban J connectivity index is 1.47. The molecule has 0 bridgehead atoms. The van der Waals surface area contributed by atoms with E-state index in [-0.39, 0.29) is 5.91 Å². The number of anilines is 1. The third-order valence-electron chi connectivity index (χ3n) is 4.79. The van der Waals surface area contributed by atoms with Crippen LogP contribution < -0.4 is 10.1 Å². The van der Waals surface area contributed by atoms with Crippen molar-refractivity contribution >= 4 is 33.3 Å². The molecule has 0 saturated carbocycles. The maximum atomic E-state index is 12.8. The minimum absolute atomic E-state index is 0.258. The van der Waals surface area contributed by atoms with Gasteiger partial charge < -0.3 is 4.74 Å². The molecule has 0 aliphatic heterocycles. The number of aryl methyl sites for hydroxylation is 5. The quantitative estimate of drug-likeness (QED) is 0.509. The molecule has 8 nitrogen and oxygen atoms in total. The molecule has 4 aromatic rings. The number of nitrogens with one attached hydrogen (secondary N) is 1. The summed E-state index contributed by atoms with van der Waals surface area (Å²) in [6.45, 7) is 6.54. The molecule has 1 aromatic carbocycles. The second-order valence-corrected chi connectivity index (χ2v) is 8.10. The van der Waals surface area contributed by atoms with E-state index in [0.29, 0.717) is 22.8 Å². The van der Waals surface area contributed by atoms with Gasteiger partial charge in [0.1, 0.15) is 10.8 Å². The maximum absolute atomic E-state index is 12.8. The Hall–Kier alpha value is -3.33. The zero-order chi connectivity index (χ0) is 21.3. The Kier molecular flexibility index (Phi) is 5.45. The number of ether oxygens (including phenoxy) is 1. The third kappa shape index (κ3) is 4.16. The Morgan fingerprint density at radius 1 is 1.17 bits per heavy atom. The van der Waals surface area contributed by atoms with Crippen molar-refractivity contribution in [1.29, 1.82) is 0 Å². The van der Waals surface area contributed by atoms with Gasteiger partial charge in [0, 0.05) is 24.0 Å². The number of methoxy groups -OCH3 is 1. The van der Waals surface area contributed by atoms with Crippen LogP contribution in [0.25, 0.3) is 10.9 Å². The summed E-state index contributed by atoms with van der Waals surface area (Å²) < 4.78 is 7.22. The van der Waals surface area contributed by atoms with Crippen LogP contribution in [0.5, 0.6) is 5.75 Å². The molecule has 0 atom stereocenters. The Morgan fingerprint density at radius 2 is 2.00 bits per heavy atom. The number of nitrogens with zero attached hydrogens (tertiary/aromatic N) is 5. The highest BCUT2D eigenvalue weighted by Crippen LogP contribution is 2.23. The summed E-state index contributed by atoms with van der Waals surface area (Å²) in [5.41, 5.74) is 4.07. The molecule has 4 rings (SSSR count). The van der Waals surface area contributed by atoms with Gasteiger partial charge in [-0.15, -0.1) is 10.2 Å². The molecule has 1 N–H and O–H groups in total. The molecule has 9 heteroatoms. The summed E-state index contributed by atoms with van der Waals surface area (Å²) in [5, 5.41) is 17.7. The molecule has 0 aliphatic carbocycles. The molecular weight excluding hydrogens is 400 g/mol. The van der Waals surface area contributed by atoms with Crippen LogP contribution in [0, 0.1) is 20.8 Å². The van der Waals surface area contributed by atoms with E-state index in [1.54, 1.807) is 7.11 Å². The van der Waals surface area contributed by atoms with E-state index in [9.17, 15) is 4.79 Å². The monoisotopic (exact) mass is 422 g/mol. The topological polar surface area (TPSA) is 94.8 Å². The second kappa shape index (κ2) is 8.19. The van der Waals surface area contributed by atoms with Crippen LogP contribution in [-0.4, -0.2) is 38.0 Å². The van der Waals surface area contributed by atoms with Crippen molar-refractivity contribution in [3.8, 4) is 5.75 Å². The third-order valence-corrected chi connectivity index (χ3v) is 5.68. The van der Waals surface area contributed by atoms with Crippen molar-refractivity contribution in [2.75, 3.05) is 12.4 Å². The Morgan fingerprint density at radius 3 is 2.73 bits per heavy atom. The summed E-state index contributed by atoms with van der Waals surface area (Å²) in [6.07, 6.45) is 0.700. The lowest BCUT2D eigenvalue weighted by Crippen LogP contribution is -2.14. The molecule has 0 unspecified atom stereocenters. The standard InChI is InChI=1S/C21H22N6O2S/c1-12-9-13(2)27(26-12)8-7-19-24-25-21(30-19)23-20(28)17-11-15-10-16(29-4)5-6-18(15)22-14(17)3/h5-6,9-11H,7-8H2,1-4H3,(H,23,25,28). The molecule has 1 amide bonds. The van der Waals surface area contributed by atoms with E-state index < -0.39 is 0 Å². The van der Waals surface area contributed by atoms with Crippen LogP contribution in [0.2, 0.25) is 0 Å². The average molecular weight is 423 g/mol. The Labute approximate surface area is 177 Å². The molecule has 0 saturated heterocycles. The minimum atomic E-state index is -0.258. The normalized spacial score (nSPS) is 11.1. The van der Waals surface area contributed by atoms with E-state index in [4.69, 9.17) is 4.74 Å². The van der Waals surface area contributed by atoms with Gasteiger partial charge in [-0.1, -0.05) is 11.3 Å². The van der Waals surface area contributed by atoms with Crippen LogP contribution >= 0.6 is 11.3 Å². The lowest BCUT2D eigenvalue weighted by Gasteiger charge is -2.08. The lowest BCUT2D eigenvalue weighted by molar-refractivity contribution is 0.102. The first-order chi connectivity index (χ1) is 14.4. The predicted octanol–water partition coefficient (Wildman–Crippen LogP) is 3.71. The van der Waals surface area contributed by atoms with E-state index >= 15 is 0 Å². The highest BCUT2D eigenvalue weighted by Gasteiger charge is 2.15. The molecule has 0 fully saturated rings. The van der Waals surface area contributed by atoms with Gasteiger partial charge in [-0.25, -0.2) is 0 Å². The van der Waals surface area contributed by atoms with Gasteiger partial charge in [-0.05, 0) is 51.1 Å². The number of pyridine rings is 1. The second-order valence-electron chi connectivity index (χ2n) is 7.04. The van der Waals surface area contributed by atoms with E-state index in [2.05, 4.69) is 25.6 Å². The van der Waals surface area contributed by atoms with Crippen LogP contribution in [0.3, 0.4) is 0 Å². The summed E-state index contributed by atoms with van der Waals surface area (Å²) in [7, 11) is 1.61. The molecular formula is C21H22N6O2S. The van der Waals surface area contributed by atoms with Crippen molar-refractivity contribution < 1.29 is 9.53 Å². The van der Waals surface area contributed by atoms with Gasteiger partial charge in [0.2, 0.25) is 5.13 Å². The van der Waals surface area contributed by atoms with Gasteiger partial charge >= 0.3 is 0 Å². The molecule has 3 aromatic heterocycles. The molecule has 3 heterocycles. The number of hydrogen-bond donors (Lipinski definition) is 1. The zero-order valence-corrected chi connectivity index (χ0v) is 18.1. The zero-order valence-electron chi connectivity index (χ0n) is 17.3. The van der Waals surface area contributed by atoms with Crippen molar-refractivity contribution in [2.45, 2.75) is 33.7 Å². The number of amides is 1. The van der Waals surface area contributed by atoms with Crippen molar-refractivity contribution in [3.05, 3.63) is 58.0 Å². The number of carbonyl (C=O) groups is 1. The Bertz CT molecular complexity index is 1230. The molecule has 0 radical (unpaired) electrons. The molecule has 0 spiro atoms. The van der Waals surface area contributed by atoms with Crippen LogP contribution in [-0.2, 0) is 13.0 Å². The summed E-state index contributed by atoms with van der Waals surface area (Å²) in [4.78, 5) is 17.3. The fraction of sp³-hybridized carbons (Fsp3) is 0.286. The fourth-order valence-electron chi connectivity index (χ4n) is 3.28. The predicted molar refractivity (Wildman–Crippen MR) is 116 cm³/mol. The number of carbonyl (C=O) groups excluding carboxylic acids is 1. The maximum Gasteiger partial charge on any atom is 0.259 e. The van der Waals surface area contributed by atoms with Crippen molar-refractivity contribution in [1.82, 2.24) is 25.0 Å². The van der Waals surface area contributed by atoms with E-state index in [1.807, 2.05) is 55.8 Å². The molecule has 154 valence electrons. The number of aromatic nitrogens is 5. The van der Waals surface area contributed by atoms with E-state index in [0.717, 1.165) is 39.6 Å². The highest BCUT2D eigenvalue weighted by molar-refractivity contribution is 7.15. The number of benzene rings is 1. The average Bonchev–Trinajstić information content (AvgIpc) is 3.30. The van der Waals surface area contributed by atoms with Gasteiger partial charge in [0.15, 0.2) is 0 Å². The van der Waals surface area contributed by atoms with Crippen molar-refractivity contribution in [3.63, 3.8) is 0 Å². The van der Waals surface area contributed by atoms with Gasteiger partial charge in [-0.3, -0.25) is 19.8 Å². The largest absolute Gasteiger partial charge is 0.497 e. The first kappa shape index (κ1) is 20.0. The summed E-state index contributed by atoms with van der Waals surface area (Å²) in [6, 6.07) is 9.45. The fourth-order valence-corrected chi connectivity index (χ4v) is 4.00. The highest BCUT2D eigenvalue weighted by atomic mass is 32.1. The lowest BCUT2D eigenvalue weighted by atomic mass is 10.1. The van der Waals surface area contributed by atoms with Gasteiger partial charge in [0.25, 0.3) is 5.91 Å². The molecule has 30 heavy (non-hydrogen) atoms. The van der Waals surface area contributed by atoms with Crippen molar-refractivity contribution in [2.24, 2.45) is 0 Å². The first-order valence-corrected chi connectivity index (χ1v) is 10.3. The van der Waals surface area contributed by atoms with Crippen LogP contribution in [0.1, 0.15) is 32.4 Å². The summed E-state index contributed by atoms with van der Waals surface area (Å²) >= 11 is 1.37. The number of hydrogen-bond acceptors (Lipinski definition) is 7. The molecule has 0 aliphatic rings. The summed E-state index contributed by atoms with van der Waals surface area (Å²) in [5.74, 6) is 0.460. The number of fused-ring (bicyclic) bond motifs is 1. The van der Waals surface area contributed by atoms with Crippen LogP contribution in [0.4, 0.5) is 5.13 Å². The van der Waals surface area contributed by atoms with Gasteiger partial charge in [0.05, 0.1) is 29.6 Å². The minimum Gasteiger partial charge on any atom is -0.497 e. The van der Waals surface area contributed by atoms with Crippen LogP contribution in [0.15, 0.2) is 30.3 Å². The number of rotatable bonds is 6.